The molecule has 0 bridgehead atoms. The minimum atomic E-state index is -0.782. The summed E-state index contributed by atoms with van der Waals surface area (Å²) in [5.41, 5.74) is 2.03. The van der Waals surface area contributed by atoms with Crippen LogP contribution in [0.5, 0.6) is 0 Å². The molecule has 0 amide bonds. The maximum atomic E-state index is 11.0. The third-order valence-electron chi connectivity index (χ3n) is 3.23. The Balaban J connectivity index is 2.39. The highest BCUT2D eigenvalue weighted by molar-refractivity contribution is 5.83. The molecule has 1 unspecified atom stereocenters. The smallest absolute Gasteiger partial charge is 0.310 e. The minimum absolute atomic E-state index is 0.456. The van der Waals surface area contributed by atoms with Crippen LogP contribution in [0.3, 0.4) is 0 Å². The predicted molar refractivity (Wildman–Crippen MR) is 72.8 cm³/mol. The molecule has 0 spiro atoms. The Morgan fingerprint density at radius 1 is 1.28 bits per heavy atom. The lowest BCUT2D eigenvalue weighted by atomic mass is 10.00. The van der Waals surface area contributed by atoms with E-state index in [1.165, 1.54) is 5.52 Å². The zero-order valence-corrected chi connectivity index (χ0v) is 11.1. The fourth-order valence-electron chi connectivity index (χ4n) is 2.18. The number of rotatable bonds is 4. The molecule has 3 nitrogen and oxygen atoms in total. The van der Waals surface area contributed by atoms with Crippen LogP contribution in [0.1, 0.15) is 32.3 Å². The second kappa shape index (κ2) is 4.84. The third-order valence-corrected chi connectivity index (χ3v) is 3.23. The Kier molecular flexibility index (Phi) is 3.41. The highest BCUT2D eigenvalue weighted by atomic mass is 16.4. The lowest BCUT2D eigenvalue weighted by molar-refractivity contribution is -0.138. The van der Waals surface area contributed by atoms with Crippen molar-refractivity contribution in [1.29, 1.82) is 0 Å². The van der Waals surface area contributed by atoms with Gasteiger partial charge in [-0.05, 0) is 42.0 Å². The summed E-state index contributed by atoms with van der Waals surface area (Å²) < 4.78 is 2.22. The summed E-state index contributed by atoms with van der Waals surface area (Å²) in [6, 6.07) is 7.96. The van der Waals surface area contributed by atoms with Gasteiger partial charge in [0, 0.05) is 18.3 Å². The molecule has 96 valence electrons. The second-order valence-corrected chi connectivity index (χ2v) is 5.24. The normalized spacial score (nSPS) is 13.1. The van der Waals surface area contributed by atoms with E-state index in [1.807, 2.05) is 18.2 Å². The van der Waals surface area contributed by atoms with Crippen LogP contribution in [0.15, 0.2) is 30.5 Å². The summed E-state index contributed by atoms with van der Waals surface area (Å²) in [5, 5.41) is 10.1. The van der Waals surface area contributed by atoms with Gasteiger partial charge in [0.25, 0.3) is 0 Å². The van der Waals surface area contributed by atoms with Gasteiger partial charge < -0.3 is 9.67 Å². The summed E-state index contributed by atoms with van der Waals surface area (Å²) in [6.45, 7) is 7.07. The number of hydrogen-bond donors (Lipinski definition) is 1. The highest BCUT2D eigenvalue weighted by Crippen LogP contribution is 2.23. The lowest BCUT2D eigenvalue weighted by Gasteiger charge is -2.10. The molecule has 2 rings (SSSR count). The molecule has 18 heavy (non-hydrogen) atoms. The number of carboxylic acid groups (broad SMARTS) is 1. The molecule has 1 aromatic heterocycles. The molecule has 1 N–H and O–H groups in total. The van der Waals surface area contributed by atoms with E-state index in [2.05, 4.69) is 30.7 Å². The Morgan fingerprint density at radius 3 is 2.61 bits per heavy atom. The fraction of sp³-hybridized carbons (Fsp3) is 0.400. The predicted octanol–water partition coefficient (Wildman–Crippen LogP) is 3.49. The second-order valence-electron chi connectivity index (χ2n) is 5.24. The molecule has 1 atom stereocenters. The van der Waals surface area contributed by atoms with E-state index in [0.717, 1.165) is 17.5 Å². The van der Waals surface area contributed by atoms with Crippen molar-refractivity contribution in [2.45, 2.75) is 33.2 Å². The molecule has 0 aliphatic carbocycles. The molecule has 1 heterocycles. The van der Waals surface area contributed by atoms with Crippen molar-refractivity contribution in [3.8, 4) is 0 Å². The third kappa shape index (κ3) is 2.40. The minimum Gasteiger partial charge on any atom is -0.481 e. The molecule has 2 aromatic rings. The Morgan fingerprint density at radius 2 is 2.00 bits per heavy atom. The fourth-order valence-corrected chi connectivity index (χ4v) is 2.18. The van der Waals surface area contributed by atoms with Gasteiger partial charge in [-0.2, -0.15) is 0 Å². The average Bonchev–Trinajstić information content (AvgIpc) is 2.70. The van der Waals surface area contributed by atoms with E-state index >= 15 is 0 Å². The van der Waals surface area contributed by atoms with Crippen molar-refractivity contribution >= 4 is 16.9 Å². The van der Waals surface area contributed by atoms with Gasteiger partial charge >= 0.3 is 5.97 Å². The highest BCUT2D eigenvalue weighted by Gasteiger charge is 2.14. The number of aromatic nitrogens is 1. The van der Waals surface area contributed by atoms with Crippen LogP contribution >= 0.6 is 0 Å². The molecule has 0 fully saturated rings. The average molecular weight is 245 g/mol. The first-order chi connectivity index (χ1) is 8.49. The van der Waals surface area contributed by atoms with Crippen LogP contribution in [-0.4, -0.2) is 15.6 Å². The first kappa shape index (κ1) is 12.7. The largest absolute Gasteiger partial charge is 0.481 e. The van der Waals surface area contributed by atoms with E-state index < -0.39 is 11.9 Å². The Bertz CT molecular complexity index is 569. The van der Waals surface area contributed by atoms with E-state index in [0.29, 0.717) is 5.92 Å². The zero-order chi connectivity index (χ0) is 13.3. The molecule has 0 aliphatic rings. The molecular weight excluding hydrogens is 226 g/mol. The quantitative estimate of drug-likeness (QED) is 0.896. The molecular formula is C15H19NO2. The van der Waals surface area contributed by atoms with Crippen molar-refractivity contribution in [2.24, 2.45) is 5.92 Å². The van der Waals surface area contributed by atoms with Crippen molar-refractivity contribution in [2.75, 3.05) is 0 Å². The topological polar surface area (TPSA) is 42.2 Å². The van der Waals surface area contributed by atoms with Crippen molar-refractivity contribution in [3.63, 3.8) is 0 Å². The van der Waals surface area contributed by atoms with Gasteiger partial charge in [0.15, 0.2) is 0 Å². The summed E-state index contributed by atoms with van der Waals surface area (Å²) in [7, 11) is 0. The summed E-state index contributed by atoms with van der Waals surface area (Å²) in [5.74, 6) is -0.642. The number of hydrogen-bond acceptors (Lipinski definition) is 1. The number of aliphatic carboxylic acids is 1. The van der Waals surface area contributed by atoms with Gasteiger partial charge in [0.05, 0.1) is 5.92 Å². The molecule has 0 saturated carbocycles. The van der Waals surface area contributed by atoms with Crippen molar-refractivity contribution in [3.05, 3.63) is 36.0 Å². The summed E-state index contributed by atoms with van der Waals surface area (Å²) in [4.78, 5) is 11.0. The molecule has 0 radical (unpaired) electrons. The van der Waals surface area contributed by atoms with E-state index in [-0.39, 0.29) is 0 Å². The number of nitrogens with zero attached hydrogens (tertiary/aromatic N) is 1. The Labute approximate surface area is 107 Å². The van der Waals surface area contributed by atoms with Crippen LogP contribution in [-0.2, 0) is 11.3 Å². The first-order valence-corrected chi connectivity index (χ1v) is 6.30. The van der Waals surface area contributed by atoms with Crippen LogP contribution in [0.4, 0.5) is 0 Å². The first-order valence-electron chi connectivity index (χ1n) is 6.30. The standard InChI is InChI=1S/C15H19NO2/c1-10(2)9-16-7-6-13-8-12(4-5-14(13)16)11(3)15(17)18/h4-8,10-11H,9H2,1-3H3,(H,17,18). The zero-order valence-electron chi connectivity index (χ0n) is 11.1. The molecule has 3 heteroatoms. The van der Waals surface area contributed by atoms with E-state index in [4.69, 9.17) is 5.11 Å². The monoisotopic (exact) mass is 245 g/mol. The van der Waals surface area contributed by atoms with E-state index in [9.17, 15) is 4.79 Å². The lowest BCUT2D eigenvalue weighted by Crippen LogP contribution is -2.07. The summed E-state index contributed by atoms with van der Waals surface area (Å²) >= 11 is 0. The van der Waals surface area contributed by atoms with Crippen molar-refractivity contribution < 1.29 is 9.90 Å². The summed E-state index contributed by atoms with van der Waals surface area (Å²) in [6.07, 6.45) is 2.07. The van der Waals surface area contributed by atoms with E-state index in [1.54, 1.807) is 6.92 Å². The molecule has 0 aliphatic heterocycles. The maximum absolute atomic E-state index is 11.0. The van der Waals surface area contributed by atoms with Gasteiger partial charge in [-0.3, -0.25) is 4.79 Å². The van der Waals surface area contributed by atoms with Crippen LogP contribution < -0.4 is 0 Å². The van der Waals surface area contributed by atoms with Crippen LogP contribution in [0.25, 0.3) is 10.9 Å². The van der Waals surface area contributed by atoms with Crippen molar-refractivity contribution in [1.82, 2.24) is 4.57 Å². The molecule has 0 saturated heterocycles. The number of fused-ring (bicyclic) bond motifs is 1. The Hall–Kier alpha value is -1.77. The van der Waals surface area contributed by atoms with Gasteiger partial charge in [0.1, 0.15) is 0 Å². The van der Waals surface area contributed by atoms with Crippen LogP contribution in [0, 0.1) is 5.92 Å². The number of carboxylic acids is 1. The van der Waals surface area contributed by atoms with Gasteiger partial charge in [-0.25, -0.2) is 0 Å². The maximum Gasteiger partial charge on any atom is 0.310 e. The van der Waals surface area contributed by atoms with Gasteiger partial charge in [0.2, 0.25) is 0 Å². The molecule has 1 aromatic carbocycles. The number of carbonyl (C=O) groups is 1. The van der Waals surface area contributed by atoms with Crippen LogP contribution in [0.2, 0.25) is 0 Å². The SMILES string of the molecule is CC(C)Cn1ccc2cc(C(C)C(=O)O)ccc21. The van der Waals surface area contributed by atoms with Gasteiger partial charge in [-0.1, -0.05) is 19.9 Å². The van der Waals surface area contributed by atoms with Gasteiger partial charge in [-0.15, -0.1) is 0 Å². The number of benzene rings is 1.